The molecule has 3 heterocycles. The number of aromatic nitrogens is 1. The molecule has 0 spiro atoms. The summed E-state index contributed by atoms with van der Waals surface area (Å²) in [6.45, 7) is 10.1. The molecule has 0 atom stereocenters. The lowest BCUT2D eigenvalue weighted by Gasteiger charge is -2.32. The van der Waals surface area contributed by atoms with E-state index in [9.17, 15) is 0 Å². The maximum Gasteiger partial charge on any atom is 0.496 e. The van der Waals surface area contributed by atoms with E-state index in [0.717, 1.165) is 31.5 Å². The van der Waals surface area contributed by atoms with E-state index in [1.165, 1.54) is 0 Å². The molecule has 0 unspecified atom stereocenters. The van der Waals surface area contributed by atoms with Crippen LogP contribution in [0.4, 0.5) is 0 Å². The van der Waals surface area contributed by atoms with Gasteiger partial charge in [0.15, 0.2) is 0 Å². The molecule has 1 aromatic rings. The van der Waals surface area contributed by atoms with Crippen molar-refractivity contribution < 1.29 is 14.0 Å². The van der Waals surface area contributed by atoms with Gasteiger partial charge in [0.25, 0.3) is 0 Å². The van der Waals surface area contributed by atoms with Crippen LogP contribution in [0.15, 0.2) is 18.5 Å². The summed E-state index contributed by atoms with van der Waals surface area (Å²) in [7, 11) is -0.263. The van der Waals surface area contributed by atoms with Gasteiger partial charge in [-0.3, -0.25) is 0 Å². The van der Waals surface area contributed by atoms with E-state index in [0.29, 0.717) is 6.04 Å². The topological polar surface area (TPSA) is 32.6 Å². The summed E-state index contributed by atoms with van der Waals surface area (Å²) in [5.74, 6) is 0. The molecule has 1 aromatic heterocycles. The molecule has 0 bridgehead atoms. The van der Waals surface area contributed by atoms with Crippen LogP contribution >= 0.6 is 0 Å². The van der Waals surface area contributed by atoms with Crippen molar-refractivity contribution in [3.05, 3.63) is 18.5 Å². The molecule has 110 valence electrons. The van der Waals surface area contributed by atoms with E-state index in [2.05, 4.69) is 50.7 Å². The van der Waals surface area contributed by atoms with E-state index in [1.54, 1.807) is 0 Å². The Morgan fingerprint density at radius 3 is 2.30 bits per heavy atom. The smallest absolute Gasteiger partial charge is 0.399 e. The minimum absolute atomic E-state index is 0.263. The fourth-order valence-electron chi connectivity index (χ4n) is 2.76. The summed E-state index contributed by atoms with van der Waals surface area (Å²) in [6, 6.07) is 2.65. The van der Waals surface area contributed by atoms with Gasteiger partial charge in [0.1, 0.15) is 0 Å². The fourth-order valence-corrected chi connectivity index (χ4v) is 2.76. The van der Waals surface area contributed by atoms with Crippen LogP contribution in [0.25, 0.3) is 0 Å². The van der Waals surface area contributed by atoms with E-state index in [1.807, 2.05) is 0 Å². The highest BCUT2D eigenvalue weighted by Crippen LogP contribution is 2.36. The van der Waals surface area contributed by atoms with Crippen LogP contribution in [0.1, 0.15) is 46.6 Å². The monoisotopic (exact) mass is 277 g/mol. The van der Waals surface area contributed by atoms with Gasteiger partial charge in [-0.15, -0.1) is 0 Å². The van der Waals surface area contributed by atoms with Crippen molar-refractivity contribution in [3.63, 3.8) is 0 Å². The first-order valence-corrected chi connectivity index (χ1v) is 7.50. The lowest BCUT2D eigenvalue weighted by atomic mass is 9.81. The number of rotatable bonds is 2. The minimum atomic E-state index is -0.279. The van der Waals surface area contributed by atoms with Crippen LogP contribution in [0.2, 0.25) is 0 Å². The van der Waals surface area contributed by atoms with Crippen LogP contribution in [0.3, 0.4) is 0 Å². The molecule has 0 N–H and O–H groups in total. The van der Waals surface area contributed by atoms with Crippen molar-refractivity contribution in [1.82, 2.24) is 4.57 Å². The van der Waals surface area contributed by atoms with Gasteiger partial charge in [-0.2, -0.15) is 0 Å². The molecule has 20 heavy (non-hydrogen) atoms. The van der Waals surface area contributed by atoms with Crippen LogP contribution in [0, 0.1) is 0 Å². The number of ether oxygens (including phenoxy) is 1. The van der Waals surface area contributed by atoms with Gasteiger partial charge in [0, 0.05) is 37.1 Å². The van der Waals surface area contributed by atoms with E-state index in [-0.39, 0.29) is 18.3 Å². The zero-order valence-corrected chi connectivity index (χ0v) is 12.9. The highest BCUT2D eigenvalue weighted by Gasteiger charge is 2.51. The summed E-state index contributed by atoms with van der Waals surface area (Å²) in [4.78, 5) is 0. The van der Waals surface area contributed by atoms with Gasteiger partial charge < -0.3 is 18.6 Å². The van der Waals surface area contributed by atoms with Gasteiger partial charge in [-0.1, -0.05) is 0 Å². The molecule has 0 saturated carbocycles. The van der Waals surface area contributed by atoms with Gasteiger partial charge in [-0.25, -0.2) is 0 Å². The second-order valence-corrected chi connectivity index (χ2v) is 6.82. The molecule has 3 rings (SSSR count). The van der Waals surface area contributed by atoms with Gasteiger partial charge in [-0.05, 0) is 46.6 Å². The molecule has 2 fully saturated rings. The maximum atomic E-state index is 6.09. The normalized spacial score (nSPS) is 26.1. The Balaban J connectivity index is 1.74. The summed E-state index contributed by atoms with van der Waals surface area (Å²) in [6.07, 6.45) is 6.46. The Morgan fingerprint density at radius 2 is 1.70 bits per heavy atom. The van der Waals surface area contributed by atoms with E-state index >= 15 is 0 Å². The standard InChI is InChI=1S/C15H24BNO3/c1-14(2)15(3,4)20-16(19-14)12-5-8-17(11-12)13-6-9-18-10-7-13/h5,8,11,13H,6-7,9-10H2,1-4H3. The Labute approximate surface area is 121 Å². The molecular formula is C15H24BNO3. The van der Waals surface area contributed by atoms with Crippen LogP contribution < -0.4 is 5.46 Å². The Hall–Kier alpha value is -0.775. The van der Waals surface area contributed by atoms with Crippen molar-refractivity contribution in [2.75, 3.05) is 13.2 Å². The summed E-state index contributed by atoms with van der Waals surface area (Å²) in [5, 5.41) is 0. The molecule has 0 radical (unpaired) electrons. The van der Waals surface area contributed by atoms with E-state index in [4.69, 9.17) is 14.0 Å². The summed E-state index contributed by atoms with van der Waals surface area (Å²) in [5.41, 5.74) is 0.548. The van der Waals surface area contributed by atoms with Gasteiger partial charge >= 0.3 is 7.12 Å². The zero-order valence-electron chi connectivity index (χ0n) is 12.9. The quantitative estimate of drug-likeness (QED) is 0.776. The maximum absolute atomic E-state index is 6.09. The first-order chi connectivity index (χ1) is 9.39. The van der Waals surface area contributed by atoms with Crippen molar-refractivity contribution in [2.24, 2.45) is 0 Å². The van der Waals surface area contributed by atoms with Crippen molar-refractivity contribution >= 4 is 12.6 Å². The predicted molar refractivity (Wildman–Crippen MR) is 79.2 cm³/mol. The Bertz CT molecular complexity index is 461. The van der Waals surface area contributed by atoms with Crippen LogP contribution in [-0.4, -0.2) is 36.1 Å². The molecule has 2 aliphatic rings. The minimum Gasteiger partial charge on any atom is -0.399 e. The van der Waals surface area contributed by atoms with Gasteiger partial charge in [0.2, 0.25) is 0 Å². The number of hydrogen-bond donors (Lipinski definition) is 0. The second kappa shape index (κ2) is 4.90. The van der Waals surface area contributed by atoms with Crippen LogP contribution in [0.5, 0.6) is 0 Å². The summed E-state index contributed by atoms with van der Waals surface area (Å²) < 4.78 is 19.9. The third kappa shape index (κ3) is 2.43. The third-order valence-corrected chi connectivity index (χ3v) is 4.88. The van der Waals surface area contributed by atoms with Gasteiger partial charge in [0.05, 0.1) is 11.2 Å². The average Bonchev–Trinajstić information content (AvgIpc) is 2.94. The molecule has 0 aliphatic carbocycles. The third-order valence-electron chi connectivity index (χ3n) is 4.88. The Kier molecular flexibility index (Phi) is 3.47. The molecular weight excluding hydrogens is 253 g/mol. The lowest BCUT2D eigenvalue weighted by molar-refractivity contribution is 0.00578. The summed E-state index contributed by atoms with van der Waals surface area (Å²) >= 11 is 0. The fraction of sp³-hybridized carbons (Fsp3) is 0.733. The highest BCUT2D eigenvalue weighted by atomic mass is 16.7. The molecule has 4 nitrogen and oxygen atoms in total. The highest BCUT2D eigenvalue weighted by molar-refractivity contribution is 6.62. The molecule has 0 amide bonds. The Morgan fingerprint density at radius 1 is 1.10 bits per heavy atom. The largest absolute Gasteiger partial charge is 0.496 e. The van der Waals surface area contributed by atoms with Crippen molar-refractivity contribution in [3.8, 4) is 0 Å². The molecule has 2 aliphatic heterocycles. The zero-order chi connectivity index (χ0) is 14.4. The first kappa shape index (κ1) is 14.2. The predicted octanol–water partition coefficient (Wildman–Crippen LogP) is 2.14. The van der Waals surface area contributed by atoms with Crippen molar-refractivity contribution in [2.45, 2.75) is 57.8 Å². The first-order valence-electron chi connectivity index (χ1n) is 7.50. The lowest BCUT2D eigenvalue weighted by Crippen LogP contribution is -2.41. The molecule has 5 heteroatoms. The second-order valence-electron chi connectivity index (χ2n) is 6.82. The number of nitrogens with zero attached hydrogens (tertiary/aromatic N) is 1. The van der Waals surface area contributed by atoms with E-state index < -0.39 is 0 Å². The number of hydrogen-bond acceptors (Lipinski definition) is 3. The molecule has 2 saturated heterocycles. The van der Waals surface area contributed by atoms with Crippen LogP contribution in [-0.2, 0) is 14.0 Å². The van der Waals surface area contributed by atoms with Crippen molar-refractivity contribution in [1.29, 1.82) is 0 Å². The SMILES string of the molecule is CC1(C)OB(c2ccn(C3CCOCC3)c2)OC1(C)C. The molecule has 0 aromatic carbocycles. The average molecular weight is 277 g/mol.